The predicted octanol–water partition coefficient (Wildman–Crippen LogP) is 2.37. The van der Waals surface area contributed by atoms with Gasteiger partial charge in [0.25, 0.3) is 0 Å². The van der Waals surface area contributed by atoms with Crippen molar-refractivity contribution in [2.75, 3.05) is 12.0 Å². The highest BCUT2D eigenvalue weighted by Gasteiger charge is 2.35. The van der Waals surface area contributed by atoms with E-state index in [0.717, 1.165) is 11.5 Å². The summed E-state index contributed by atoms with van der Waals surface area (Å²) in [5.74, 6) is 7.81. The average Bonchev–Trinajstić information content (AvgIpc) is 3.19. The molecule has 1 atom stereocenters. The van der Waals surface area contributed by atoms with Crippen LogP contribution in [-0.2, 0) is 4.74 Å². The lowest BCUT2D eigenvalue weighted by atomic mass is 10.1. The summed E-state index contributed by atoms with van der Waals surface area (Å²) in [7, 11) is 0. The monoisotopic (exact) mass is 250 g/mol. The summed E-state index contributed by atoms with van der Waals surface area (Å²) >= 11 is 0. The topological polar surface area (TPSA) is 73.1 Å². The molecule has 5 nitrogen and oxygen atoms in total. The van der Waals surface area contributed by atoms with E-state index in [1.165, 1.54) is 12.8 Å². The molecule has 1 unspecified atom stereocenters. The average molecular weight is 250 g/mol. The van der Waals surface area contributed by atoms with Crippen molar-refractivity contribution in [3.05, 3.63) is 17.6 Å². The maximum absolute atomic E-state index is 5.79. The van der Waals surface area contributed by atoms with Gasteiger partial charge in [0.2, 0.25) is 0 Å². The molecular weight excluding hydrogens is 228 g/mol. The van der Waals surface area contributed by atoms with Crippen molar-refractivity contribution in [2.24, 2.45) is 11.8 Å². The zero-order valence-corrected chi connectivity index (χ0v) is 11.3. The van der Waals surface area contributed by atoms with Crippen LogP contribution in [0.2, 0.25) is 0 Å². The second-order valence-electron chi connectivity index (χ2n) is 5.05. The van der Waals surface area contributed by atoms with Gasteiger partial charge in [0.15, 0.2) is 5.82 Å². The number of hydrazine groups is 1. The molecule has 1 heterocycles. The Morgan fingerprint density at radius 3 is 2.67 bits per heavy atom. The third-order valence-electron chi connectivity index (χ3n) is 3.15. The number of nitrogens with zero attached hydrogens (tertiary/aromatic N) is 2. The fourth-order valence-electron chi connectivity index (χ4n) is 1.98. The number of nitrogen functional groups attached to an aromatic ring is 1. The number of nitrogens with two attached hydrogens (primary N) is 1. The Balaban J connectivity index is 2.31. The summed E-state index contributed by atoms with van der Waals surface area (Å²) in [6.07, 6.45) is 2.41. The van der Waals surface area contributed by atoms with E-state index < -0.39 is 0 Å². The highest BCUT2D eigenvalue weighted by Crippen LogP contribution is 2.42. The predicted molar refractivity (Wildman–Crippen MR) is 71.0 cm³/mol. The SMILES string of the molecule is CCOC(c1nc(NN)cc(C(C)C)n1)C1CC1. The van der Waals surface area contributed by atoms with E-state index in [1.807, 2.05) is 13.0 Å². The van der Waals surface area contributed by atoms with Crippen LogP contribution >= 0.6 is 0 Å². The van der Waals surface area contributed by atoms with Crippen molar-refractivity contribution in [3.8, 4) is 0 Å². The van der Waals surface area contributed by atoms with Crippen LogP contribution in [-0.4, -0.2) is 16.6 Å². The van der Waals surface area contributed by atoms with E-state index in [9.17, 15) is 0 Å². The Bertz CT molecular complexity index is 404. The van der Waals surface area contributed by atoms with Gasteiger partial charge >= 0.3 is 0 Å². The van der Waals surface area contributed by atoms with Crippen LogP contribution in [0.5, 0.6) is 0 Å². The maximum Gasteiger partial charge on any atom is 0.160 e. The quantitative estimate of drug-likeness (QED) is 0.599. The number of hydrogen-bond acceptors (Lipinski definition) is 5. The van der Waals surface area contributed by atoms with Gasteiger partial charge in [0.1, 0.15) is 11.9 Å². The summed E-state index contributed by atoms with van der Waals surface area (Å²) in [5.41, 5.74) is 3.61. The molecule has 0 amide bonds. The smallest absolute Gasteiger partial charge is 0.160 e. The van der Waals surface area contributed by atoms with E-state index in [-0.39, 0.29) is 6.10 Å². The molecule has 2 rings (SSSR count). The lowest BCUT2D eigenvalue weighted by Crippen LogP contribution is -2.16. The summed E-state index contributed by atoms with van der Waals surface area (Å²) in [6.45, 7) is 6.91. The molecule has 0 bridgehead atoms. The first kappa shape index (κ1) is 13.2. The van der Waals surface area contributed by atoms with E-state index in [1.54, 1.807) is 0 Å². The number of aromatic nitrogens is 2. The Morgan fingerprint density at radius 2 is 2.17 bits per heavy atom. The lowest BCUT2D eigenvalue weighted by Gasteiger charge is -2.17. The summed E-state index contributed by atoms with van der Waals surface area (Å²) in [4.78, 5) is 9.07. The van der Waals surface area contributed by atoms with Crippen molar-refractivity contribution in [1.82, 2.24) is 9.97 Å². The van der Waals surface area contributed by atoms with E-state index in [4.69, 9.17) is 10.6 Å². The second kappa shape index (κ2) is 5.63. The van der Waals surface area contributed by atoms with Gasteiger partial charge in [0, 0.05) is 18.4 Å². The van der Waals surface area contributed by atoms with Crippen LogP contribution in [0.15, 0.2) is 6.07 Å². The fourth-order valence-corrected chi connectivity index (χ4v) is 1.98. The molecule has 5 heteroatoms. The zero-order valence-electron chi connectivity index (χ0n) is 11.3. The van der Waals surface area contributed by atoms with Crippen LogP contribution in [0.25, 0.3) is 0 Å². The minimum atomic E-state index is 0.0146. The van der Waals surface area contributed by atoms with Gasteiger partial charge in [-0.3, -0.25) is 0 Å². The largest absolute Gasteiger partial charge is 0.370 e. The summed E-state index contributed by atoms with van der Waals surface area (Å²) < 4.78 is 5.79. The van der Waals surface area contributed by atoms with Crippen LogP contribution in [0, 0.1) is 5.92 Å². The van der Waals surface area contributed by atoms with Gasteiger partial charge in [-0.2, -0.15) is 0 Å². The molecule has 1 aromatic rings. The molecule has 1 saturated carbocycles. The van der Waals surface area contributed by atoms with Gasteiger partial charge in [-0.15, -0.1) is 0 Å². The van der Waals surface area contributed by atoms with Crippen LogP contribution in [0.4, 0.5) is 5.82 Å². The number of ether oxygens (including phenoxy) is 1. The minimum absolute atomic E-state index is 0.0146. The molecule has 0 saturated heterocycles. The first-order valence-corrected chi connectivity index (χ1v) is 6.62. The molecule has 0 radical (unpaired) electrons. The molecule has 1 aliphatic rings. The van der Waals surface area contributed by atoms with Crippen LogP contribution < -0.4 is 11.3 Å². The Morgan fingerprint density at radius 1 is 1.44 bits per heavy atom. The van der Waals surface area contributed by atoms with Gasteiger partial charge < -0.3 is 10.2 Å². The van der Waals surface area contributed by atoms with Crippen LogP contribution in [0.1, 0.15) is 57.2 Å². The third-order valence-corrected chi connectivity index (χ3v) is 3.15. The van der Waals surface area contributed by atoms with Gasteiger partial charge in [-0.1, -0.05) is 13.8 Å². The Kier molecular flexibility index (Phi) is 4.14. The highest BCUT2D eigenvalue weighted by molar-refractivity contribution is 5.35. The van der Waals surface area contributed by atoms with Crippen molar-refractivity contribution in [3.63, 3.8) is 0 Å². The van der Waals surface area contributed by atoms with Crippen molar-refractivity contribution >= 4 is 5.82 Å². The Labute approximate surface area is 108 Å². The standard InChI is InChI=1S/C13H22N4O/c1-4-18-12(9-5-6-9)13-15-10(8(2)3)7-11(16-13)17-14/h7-9,12H,4-6,14H2,1-3H3,(H,15,16,17). The van der Waals surface area contributed by atoms with Gasteiger partial charge in [0.05, 0.1) is 0 Å². The summed E-state index contributed by atoms with van der Waals surface area (Å²) in [5, 5.41) is 0. The minimum Gasteiger partial charge on any atom is -0.370 e. The van der Waals surface area contributed by atoms with Crippen molar-refractivity contribution in [2.45, 2.75) is 45.6 Å². The Hall–Kier alpha value is -1.20. The van der Waals surface area contributed by atoms with E-state index in [2.05, 4.69) is 29.2 Å². The number of anilines is 1. The van der Waals surface area contributed by atoms with Crippen molar-refractivity contribution < 1.29 is 4.74 Å². The first-order chi connectivity index (χ1) is 8.65. The van der Waals surface area contributed by atoms with Gasteiger partial charge in [-0.25, -0.2) is 15.8 Å². The molecule has 18 heavy (non-hydrogen) atoms. The molecule has 1 aliphatic carbocycles. The molecule has 1 fully saturated rings. The molecule has 1 aromatic heterocycles. The molecule has 0 spiro atoms. The highest BCUT2D eigenvalue weighted by atomic mass is 16.5. The molecule has 0 aliphatic heterocycles. The second-order valence-corrected chi connectivity index (χ2v) is 5.05. The summed E-state index contributed by atoms with van der Waals surface area (Å²) in [6, 6.07) is 1.89. The van der Waals surface area contributed by atoms with E-state index in [0.29, 0.717) is 24.3 Å². The van der Waals surface area contributed by atoms with Gasteiger partial charge in [-0.05, 0) is 31.6 Å². The van der Waals surface area contributed by atoms with Crippen LogP contribution in [0.3, 0.4) is 0 Å². The zero-order chi connectivity index (χ0) is 13.1. The number of hydrogen-bond donors (Lipinski definition) is 2. The van der Waals surface area contributed by atoms with Crippen molar-refractivity contribution in [1.29, 1.82) is 0 Å². The molecular formula is C13H22N4O. The normalized spacial score (nSPS) is 16.9. The molecule has 100 valence electrons. The molecule has 3 N–H and O–H groups in total. The van der Waals surface area contributed by atoms with E-state index >= 15 is 0 Å². The number of rotatable bonds is 6. The lowest BCUT2D eigenvalue weighted by molar-refractivity contribution is 0.0399. The first-order valence-electron chi connectivity index (χ1n) is 6.62. The fraction of sp³-hybridized carbons (Fsp3) is 0.692. The maximum atomic E-state index is 5.79. The third kappa shape index (κ3) is 2.97. The molecule has 0 aromatic carbocycles. The number of nitrogens with one attached hydrogen (secondary N) is 1.